The molecular weight excluding hydrogens is 352 g/mol. The number of nitrogens with one attached hydrogen (secondary N) is 2. The zero-order valence-corrected chi connectivity index (χ0v) is 16.4. The van der Waals surface area contributed by atoms with Crippen molar-refractivity contribution in [1.29, 1.82) is 0 Å². The third-order valence-electron chi connectivity index (χ3n) is 3.55. The summed E-state index contributed by atoms with van der Waals surface area (Å²) < 4.78 is 1.58. The zero-order chi connectivity index (χ0) is 19.3. The van der Waals surface area contributed by atoms with Crippen molar-refractivity contribution in [2.75, 3.05) is 0 Å². The molecule has 0 radical (unpaired) electrons. The van der Waals surface area contributed by atoms with Gasteiger partial charge >= 0.3 is 6.03 Å². The minimum absolute atomic E-state index is 0.0492. The van der Waals surface area contributed by atoms with E-state index >= 15 is 0 Å². The third-order valence-corrected chi connectivity index (χ3v) is 4.59. The van der Waals surface area contributed by atoms with Crippen LogP contribution in [0.25, 0.3) is 5.69 Å². The van der Waals surface area contributed by atoms with Crippen LogP contribution < -0.4 is 10.6 Å². The Hall–Kier alpha value is -2.42. The lowest BCUT2D eigenvalue weighted by Crippen LogP contribution is -2.45. The second-order valence-corrected chi connectivity index (χ2v) is 7.80. The second-order valence-electron chi connectivity index (χ2n) is 6.50. The van der Waals surface area contributed by atoms with Gasteiger partial charge in [-0.2, -0.15) is 4.68 Å². The molecule has 0 aliphatic carbocycles. The fourth-order valence-corrected chi connectivity index (χ4v) is 2.95. The van der Waals surface area contributed by atoms with Crippen LogP contribution in [0.1, 0.15) is 46.1 Å². The maximum absolute atomic E-state index is 12.2. The number of benzene rings is 1. The molecule has 0 aliphatic rings. The van der Waals surface area contributed by atoms with Gasteiger partial charge in [0.05, 0.1) is 10.9 Å². The predicted molar refractivity (Wildman–Crippen MR) is 100 cm³/mol. The van der Waals surface area contributed by atoms with E-state index in [1.165, 1.54) is 17.3 Å². The van der Waals surface area contributed by atoms with Crippen LogP contribution in [0.2, 0.25) is 0 Å². The van der Waals surface area contributed by atoms with Gasteiger partial charge in [-0.25, -0.2) is 4.79 Å². The molecule has 8 nitrogen and oxygen atoms in total. The van der Waals surface area contributed by atoms with Crippen LogP contribution in [0.4, 0.5) is 4.79 Å². The van der Waals surface area contributed by atoms with Crippen molar-refractivity contribution in [3.8, 4) is 5.69 Å². The molecule has 2 rings (SSSR count). The molecule has 26 heavy (non-hydrogen) atoms. The number of imide groups is 1. The average molecular weight is 376 g/mol. The van der Waals surface area contributed by atoms with Gasteiger partial charge < -0.3 is 5.32 Å². The fraction of sp³-hybridized carbons (Fsp3) is 0.471. The number of thioether (sulfide) groups is 1. The van der Waals surface area contributed by atoms with Crippen molar-refractivity contribution in [1.82, 2.24) is 30.8 Å². The maximum atomic E-state index is 12.2. The molecule has 0 aliphatic heterocycles. The van der Waals surface area contributed by atoms with Crippen LogP contribution in [0.3, 0.4) is 0 Å². The summed E-state index contributed by atoms with van der Waals surface area (Å²) in [5.74, 6) is 0.0327. The molecule has 0 spiro atoms. The number of hydrogen-bond acceptors (Lipinski definition) is 6. The first-order valence-corrected chi connectivity index (χ1v) is 9.32. The molecule has 1 heterocycles. The van der Waals surface area contributed by atoms with Crippen LogP contribution >= 0.6 is 11.8 Å². The standard InChI is InChI=1S/C17H24N6O2S/c1-10(2)13-6-8-14(9-7-13)23-17(20-21-22-23)26-12(5)15(24)19-16(25)18-11(3)4/h6-12H,1-5H3,(H2,18,19,24,25)/t12-/m0/s1. The van der Waals surface area contributed by atoms with Crippen molar-refractivity contribution in [3.63, 3.8) is 0 Å². The Morgan fingerprint density at radius 3 is 2.31 bits per heavy atom. The number of amides is 3. The highest BCUT2D eigenvalue weighted by atomic mass is 32.2. The van der Waals surface area contributed by atoms with E-state index in [9.17, 15) is 9.59 Å². The van der Waals surface area contributed by atoms with Gasteiger partial charge in [0, 0.05) is 6.04 Å². The van der Waals surface area contributed by atoms with Gasteiger partial charge in [0.1, 0.15) is 0 Å². The Morgan fingerprint density at radius 2 is 1.73 bits per heavy atom. The highest BCUT2D eigenvalue weighted by Crippen LogP contribution is 2.24. The third kappa shape index (κ3) is 5.29. The molecule has 0 saturated heterocycles. The van der Waals surface area contributed by atoms with Crippen LogP contribution in [-0.2, 0) is 4.79 Å². The normalized spacial score (nSPS) is 12.3. The van der Waals surface area contributed by atoms with Crippen LogP contribution in [-0.4, -0.2) is 43.4 Å². The molecule has 2 aromatic rings. The van der Waals surface area contributed by atoms with Crippen LogP contribution in [0.5, 0.6) is 0 Å². The van der Waals surface area contributed by atoms with E-state index in [2.05, 4.69) is 40.0 Å². The van der Waals surface area contributed by atoms with E-state index in [4.69, 9.17) is 0 Å². The Bertz CT molecular complexity index is 757. The van der Waals surface area contributed by atoms with Crippen LogP contribution in [0.15, 0.2) is 29.4 Å². The lowest BCUT2D eigenvalue weighted by molar-refractivity contribution is -0.119. The van der Waals surface area contributed by atoms with E-state index in [-0.39, 0.29) is 6.04 Å². The van der Waals surface area contributed by atoms with Gasteiger partial charge in [-0.1, -0.05) is 37.7 Å². The monoisotopic (exact) mass is 376 g/mol. The summed E-state index contributed by atoms with van der Waals surface area (Å²) in [4.78, 5) is 23.8. The van der Waals surface area contributed by atoms with E-state index < -0.39 is 17.2 Å². The number of tetrazole rings is 1. The van der Waals surface area contributed by atoms with Crippen LogP contribution in [0, 0.1) is 0 Å². The molecule has 2 N–H and O–H groups in total. The Balaban J connectivity index is 2.05. The molecule has 0 bridgehead atoms. The number of hydrogen-bond donors (Lipinski definition) is 2. The maximum Gasteiger partial charge on any atom is 0.321 e. The molecule has 1 aromatic carbocycles. The van der Waals surface area contributed by atoms with Crippen molar-refractivity contribution >= 4 is 23.7 Å². The highest BCUT2D eigenvalue weighted by molar-refractivity contribution is 8.00. The number of rotatable bonds is 6. The first-order valence-electron chi connectivity index (χ1n) is 8.44. The van der Waals surface area contributed by atoms with Gasteiger partial charge in [0.2, 0.25) is 11.1 Å². The van der Waals surface area contributed by atoms with Gasteiger partial charge in [-0.05, 0) is 54.8 Å². The summed E-state index contributed by atoms with van der Waals surface area (Å²) in [6.07, 6.45) is 0. The number of carbonyl (C=O) groups excluding carboxylic acids is 2. The molecule has 9 heteroatoms. The minimum Gasteiger partial charge on any atom is -0.336 e. The summed E-state index contributed by atoms with van der Waals surface area (Å²) in [5.41, 5.74) is 2.03. The minimum atomic E-state index is -0.535. The molecule has 3 amide bonds. The first-order chi connectivity index (χ1) is 12.3. The quantitative estimate of drug-likeness (QED) is 0.751. The lowest BCUT2D eigenvalue weighted by Gasteiger charge is -2.13. The topological polar surface area (TPSA) is 102 Å². The SMILES string of the molecule is CC(C)NC(=O)NC(=O)[C@H](C)Sc1nnnn1-c1ccc(C(C)C)cc1. The van der Waals surface area contributed by atoms with Gasteiger partial charge in [0.15, 0.2) is 0 Å². The van der Waals surface area contributed by atoms with Crippen molar-refractivity contribution in [2.24, 2.45) is 0 Å². The molecule has 1 aromatic heterocycles. The van der Waals surface area contributed by atoms with Gasteiger partial charge in [-0.15, -0.1) is 5.10 Å². The van der Waals surface area contributed by atoms with E-state index in [1.54, 1.807) is 11.6 Å². The summed E-state index contributed by atoms with van der Waals surface area (Å²) in [6, 6.07) is 7.38. The zero-order valence-electron chi connectivity index (χ0n) is 15.6. The smallest absolute Gasteiger partial charge is 0.321 e. The Labute approximate surface area is 157 Å². The predicted octanol–water partition coefficient (Wildman–Crippen LogP) is 2.50. The highest BCUT2D eigenvalue weighted by Gasteiger charge is 2.21. The molecule has 0 fully saturated rings. The van der Waals surface area contributed by atoms with Gasteiger partial charge in [0.25, 0.3) is 0 Å². The summed E-state index contributed by atoms with van der Waals surface area (Å²) in [7, 11) is 0. The van der Waals surface area contributed by atoms with E-state index in [0.717, 1.165) is 5.69 Å². The Morgan fingerprint density at radius 1 is 1.08 bits per heavy atom. The second kappa shape index (κ2) is 8.79. The summed E-state index contributed by atoms with van der Waals surface area (Å²) in [6.45, 7) is 9.59. The number of carbonyl (C=O) groups is 2. The molecule has 140 valence electrons. The van der Waals surface area contributed by atoms with E-state index in [0.29, 0.717) is 11.1 Å². The fourth-order valence-electron chi connectivity index (χ4n) is 2.14. The Kier molecular flexibility index (Phi) is 6.73. The molecule has 0 unspecified atom stereocenters. The van der Waals surface area contributed by atoms with Gasteiger partial charge in [-0.3, -0.25) is 10.1 Å². The largest absolute Gasteiger partial charge is 0.336 e. The first kappa shape index (κ1) is 19.9. The lowest BCUT2D eigenvalue weighted by atomic mass is 10.0. The van der Waals surface area contributed by atoms with E-state index in [1.807, 2.05) is 38.1 Å². The molecule has 0 saturated carbocycles. The summed E-state index contributed by atoms with van der Waals surface area (Å²) in [5, 5.41) is 16.6. The average Bonchev–Trinajstić information content (AvgIpc) is 3.02. The number of aromatic nitrogens is 4. The number of nitrogens with zero attached hydrogens (tertiary/aromatic N) is 4. The van der Waals surface area contributed by atoms with Crippen molar-refractivity contribution in [2.45, 2.75) is 57.0 Å². The molecular formula is C17H24N6O2S. The number of urea groups is 1. The van der Waals surface area contributed by atoms with Crippen molar-refractivity contribution in [3.05, 3.63) is 29.8 Å². The summed E-state index contributed by atoms with van der Waals surface area (Å²) >= 11 is 1.19. The molecule has 1 atom stereocenters. The van der Waals surface area contributed by atoms with Crippen molar-refractivity contribution < 1.29 is 9.59 Å².